The van der Waals surface area contributed by atoms with E-state index >= 15 is 0 Å². The summed E-state index contributed by atoms with van der Waals surface area (Å²) in [4.78, 5) is 25.7. The Morgan fingerprint density at radius 1 is 1.06 bits per heavy atom. The second-order valence-electron chi connectivity index (χ2n) is 6.65. The van der Waals surface area contributed by atoms with Crippen molar-refractivity contribution in [2.24, 2.45) is 0 Å². The van der Waals surface area contributed by atoms with Crippen LogP contribution < -0.4 is 10.6 Å². The monoisotopic (exact) mass is 454 g/mol. The van der Waals surface area contributed by atoms with Gasteiger partial charge >= 0.3 is 0 Å². The van der Waals surface area contributed by atoms with Crippen molar-refractivity contribution in [3.8, 4) is 5.69 Å². The van der Waals surface area contributed by atoms with Gasteiger partial charge in [-0.25, -0.2) is 9.07 Å². The van der Waals surface area contributed by atoms with Gasteiger partial charge in [0.15, 0.2) is 0 Å². The van der Waals surface area contributed by atoms with Gasteiger partial charge in [-0.1, -0.05) is 17.7 Å². The average molecular weight is 455 g/mol. The van der Waals surface area contributed by atoms with E-state index in [0.29, 0.717) is 31.8 Å². The van der Waals surface area contributed by atoms with Crippen molar-refractivity contribution in [2.45, 2.75) is 6.92 Å². The van der Waals surface area contributed by atoms with Gasteiger partial charge in [0.25, 0.3) is 11.8 Å². The topological polar surface area (TPSA) is 76.0 Å². The minimum absolute atomic E-state index is 0.194. The third kappa shape index (κ3) is 4.65. The molecule has 0 aliphatic carbocycles. The van der Waals surface area contributed by atoms with Gasteiger partial charge in [-0.15, -0.1) is 11.3 Å². The molecule has 0 saturated carbocycles. The molecule has 4 rings (SSSR count). The van der Waals surface area contributed by atoms with E-state index in [1.54, 1.807) is 54.3 Å². The number of carbonyl (C=O) groups is 2. The molecule has 4 aromatic rings. The predicted octanol–water partition coefficient (Wildman–Crippen LogP) is 5.54. The Bertz CT molecular complexity index is 1270. The summed E-state index contributed by atoms with van der Waals surface area (Å²) in [6.45, 7) is 1.77. The number of aryl methyl sites for hydroxylation is 1. The van der Waals surface area contributed by atoms with Crippen LogP contribution in [0.5, 0.6) is 0 Å². The van der Waals surface area contributed by atoms with Gasteiger partial charge in [-0.05, 0) is 61.0 Å². The lowest BCUT2D eigenvalue weighted by molar-refractivity contribution is 0.101. The van der Waals surface area contributed by atoms with E-state index in [-0.39, 0.29) is 11.5 Å². The number of aromatic nitrogens is 2. The highest BCUT2D eigenvalue weighted by Crippen LogP contribution is 2.30. The molecule has 0 saturated heterocycles. The van der Waals surface area contributed by atoms with Gasteiger partial charge in [-0.2, -0.15) is 5.10 Å². The van der Waals surface area contributed by atoms with Crippen LogP contribution in [0.1, 0.15) is 25.6 Å². The van der Waals surface area contributed by atoms with Crippen LogP contribution in [0.4, 0.5) is 15.1 Å². The zero-order chi connectivity index (χ0) is 22.0. The van der Waals surface area contributed by atoms with Gasteiger partial charge < -0.3 is 10.6 Å². The molecular formula is C22H16ClFN4O2S. The van der Waals surface area contributed by atoms with Crippen molar-refractivity contribution < 1.29 is 14.0 Å². The molecular weight excluding hydrogens is 439 g/mol. The summed E-state index contributed by atoms with van der Waals surface area (Å²) >= 11 is 7.25. The fourth-order valence-electron chi connectivity index (χ4n) is 2.98. The summed E-state index contributed by atoms with van der Waals surface area (Å²) in [5, 5.41) is 10.7. The molecule has 0 fully saturated rings. The number of nitrogens with zero attached hydrogens (tertiary/aromatic N) is 2. The van der Waals surface area contributed by atoms with E-state index in [9.17, 15) is 14.0 Å². The molecule has 2 aromatic carbocycles. The number of amides is 2. The SMILES string of the molecule is Cc1cc(NC(=O)c2cccc(F)c2)sc1C(=O)Nc1cc(Cl)ccc1-n1cccn1. The zero-order valence-electron chi connectivity index (χ0n) is 16.2. The van der Waals surface area contributed by atoms with Crippen molar-refractivity contribution in [1.29, 1.82) is 0 Å². The van der Waals surface area contributed by atoms with E-state index in [0.717, 1.165) is 17.4 Å². The van der Waals surface area contributed by atoms with Crippen LogP contribution >= 0.6 is 22.9 Å². The third-order valence-electron chi connectivity index (χ3n) is 4.41. The van der Waals surface area contributed by atoms with Gasteiger partial charge in [0.2, 0.25) is 0 Å². The quantitative estimate of drug-likeness (QED) is 0.415. The smallest absolute Gasteiger partial charge is 0.266 e. The second-order valence-corrected chi connectivity index (χ2v) is 8.14. The summed E-state index contributed by atoms with van der Waals surface area (Å²) in [6.07, 6.45) is 3.40. The molecule has 0 aliphatic rings. The Morgan fingerprint density at radius 3 is 2.65 bits per heavy atom. The minimum Gasteiger partial charge on any atom is -0.319 e. The largest absolute Gasteiger partial charge is 0.319 e. The molecule has 6 nitrogen and oxygen atoms in total. The number of anilines is 2. The van der Waals surface area contributed by atoms with Crippen molar-refractivity contribution >= 4 is 45.4 Å². The van der Waals surface area contributed by atoms with Crippen LogP contribution in [0, 0.1) is 12.7 Å². The van der Waals surface area contributed by atoms with E-state index in [2.05, 4.69) is 15.7 Å². The van der Waals surface area contributed by atoms with Gasteiger partial charge in [0, 0.05) is 23.0 Å². The van der Waals surface area contributed by atoms with Crippen molar-refractivity contribution in [3.63, 3.8) is 0 Å². The van der Waals surface area contributed by atoms with E-state index < -0.39 is 11.7 Å². The Morgan fingerprint density at radius 2 is 1.90 bits per heavy atom. The molecule has 2 amide bonds. The Balaban J connectivity index is 1.55. The molecule has 9 heteroatoms. The molecule has 0 bridgehead atoms. The van der Waals surface area contributed by atoms with Crippen LogP contribution in [0.3, 0.4) is 0 Å². The van der Waals surface area contributed by atoms with Crippen LogP contribution in [0.15, 0.2) is 67.0 Å². The predicted molar refractivity (Wildman–Crippen MR) is 120 cm³/mol. The number of nitrogens with one attached hydrogen (secondary N) is 2. The highest BCUT2D eigenvalue weighted by Gasteiger charge is 2.18. The Labute approximate surface area is 186 Å². The number of hydrogen-bond acceptors (Lipinski definition) is 4. The Hall–Kier alpha value is -3.49. The molecule has 2 aromatic heterocycles. The van der Waals surface area contributed by atoms with Crippen LogP contribution in [0.2, 0.25) is 5.02 Å². The first-order valence-corrected chi connectivity index (χ1v) is 10.4. The number of halogens is 2. The number of carbonyl (C=O) groups excluding carboxylic acids is 2. The number of benzene rings is 2. The first-order valence-electron chi connectivity index (χ1n) is 9.19. The lowest BCUT2D eigenvalue weighted by atomic mass is 10.2. The molecule has 156 valence electrons. The standard InChI is InChI=1S/C22H16ClFN4O2S/c1-13-10-19(27-21(29)14-4-2-5-16(24)11-14)31-20(13)22(30)26-17-12-15(23)6-7-18(17)28-9-3-8-25-28/h2-12H,1H3,(H,26,30)(H,27,29). The fraction of sp³-hybridized carbons (Fsp3) is 0.0455. The first kappa shape index (κ1) is 20.8. The van der Waals surface area contributed by atoms with Gasteiger partial charge in [0.05, 0.1) is 21.3 Å². The summed E-state index contributed by atoms with van der Waals surface area (Å²) < 4.78 is 15.0. The van der Waals surface area contributed by atoms with Crippen LogP contribution in [0.25, 0.3) is 5.69 Å². The maximum absolute atomic E-state index is 13.4. The third-order valence-corrected chi connectivity index (χ3v) is 5.79. The van der Waals surface area contributed by atoms with E-state index in [4.69, 9.17) is 11.6 Å². The molecule has 31 heavy (non-hydrogen) atoms. The minimum atomic E-state index is -0.496. The first-order chi connectivity index (χ1) is 14.9. The fourth-order valence-corrected chi connectivity index (χ4v) is 4.12. The number of rotatable bonds is 5. The summed E-state index contributed by atoms with van der Waals surface area (Å²) in [5.74, 6) is -1.29. The molecule has 0 atom stereocenters. The summed E-state index contributed by atoms with van der Waals surface area (Å²) in [6, 6.07) is 14.0. The van der Waals surface area contributed by atoms with Crippen molar-refractivity contribution in [1.82, 2.24) is 9.78 Å². The van der Waals surface area contributed by atoms with E-state index in [1.165, 1.54) is 18.2 Å². The number of thiophene rings is 1. The van der Waals surface area contributed by atoms with Crippen molar-refractivity contribution in [2.75, 3.05) is 10.6 Å². The highest BCUT2D eigenvalue weighted by atomic mass is 35.5. The molecule has 0 unspecified atom stereocenters. The zero-order valence-corrected chi connectivity index (χ0v) is 17.8. The van der Waals surface area contributed by atoms with Crippen LogP contribution in [-0.4, -0.2) is 21.6 Å². The molecule has 0 spiro atoms. The van der Waals surface area contributed by atoms with Gasteiger partial charge in [0.1, 0.15) is 5.82 Å². The maximum Gasteiger partial charge on any atom is 0.266 e. The lowest BCUT2D eigenvalue weighted by Gasteiger charge is -2.11. The summed E-state index contributed by atoms with van der Waals surface area (Å²) in [5.41, 5.74) is 2.05. The average Bonchev–Trinajstić information content (AvgIpc) is 3.38. The van der Waals surface area contributed by atoms with Gasteiger partial charge in [-0.3, -0.25) is 9.59 Å². The van der Waals surface area contributed by atoms with E-state index in [1.807, 2.05) is 0 Å². The molecule has 0 radical (unpaired) electrons. The second kappa shape index (κ2) is 8.71. The lowest BCUT2D eigenvalue weighted by Crippen LogP contribution is -2.13. The molecule has 2 N–H and O–H groups in total. The summed E-state index contributed by atoms with van der Waals surface area (Å²) in [7, 11) is 0. The maximum atomic E-state index is 13.4. The van der Waals surface area contributed by atoms with Crippen LogP contribution in [-0.2, 0) is 0 Å². The Kier molecular flexibility index (Phi) is 5.83. The molecule has 0 aliphatic heterocycles. The highest BCUT2D eigenvalue weighted by molar-refractivity contribution is 7.18. The van der Waals surface area contributed by atoms with Crippen molar-refractivity contribution in [3.05, 3.63) is 93.8 Å². The number of hydrogen-bond donors (Lipinski definition) is 2. The molecule has 2 heterocycles. The normalized spacial score (nSPS) is 10.7.